The first-order chi connectivity index (χ1) is 8.72. The van der Waals surface area contributed by atoms with Crippen molar-refractivity contribution < 1.29 is 14.3 Å². The van der Waals surface area contributed by atoms with Crippen LogP contribution < -0.4 is 10.6 Å². The van der Waals surface area contributed by atoms with Crippen LogP contribution in [0.15, 0.2) is 0 Å². The number of carbonyl (C=O) groups is 2. The van der Waals surface area contributed by atoms with Crippen LogP contribution in [0.25, 0.3) is 0 Å². The lowest BCUT2D eigenvalue weighted by molar-refractivity contribution is -0.148. The number of morpholine rings is 1. The van der Waals surface area contributed by atoms with Gasteiger partial charge in [0.05, 0.1) is 12.5 Å². The second-order valence-corrected chi connectivity index (χ2v) is 4.80. The minimum absolute atomic E-state index is 0.0100. The molecule has 0 aromatic rings. The van der Waals surface area contributed by atoms with Gasteiger partial charge in [0.25, 0.3) is 5.91 Å². The molecular weight excluding hydrogens is 234 g/mol. The van der Waals surface area contributed by atoms with Gasteiger partial charge in [-0.05, 0) is 12.8 Å². The highest BCUT2D eigenvalue weighted by Gasteiger charge is 2.32. The van der Waals surface area contributed by atoms with E-state index in [9.17, 15) is 9.59 Å². The molecule has 2 unspecified atom stereocenters. The molecule has 0 aromatic carbocycles. The molecule has 2 amide bonds. The second kappa shape index (κ2) is 6.15. The van der Waals surface area contributed by atoms with Crippen LogP contribution in [0, 0.1) is 5.92 Å². The second-order valence-electron chi connectivity index (χ2n) is 4.80. The molecular formula is C12H21N3O3. The first kappa shape index (κ1) is 13.3. The Bertz CT molecular complexity index is 316. The van der Waals surface area contributed by atoms with Crippen molar-refractivity contribution in [2.75, 3.05) is 39.8 Å². The minimum Gasteiger partial charge on any atom is -0.366 e. The highest BCUT2D eigenvalue weighted by molar-refractivity contribution is 5.83. The molecule has 2 aliphatic heterocycles. The quantitative estimate of drug-likeness (QED) is 0.661. The zero-order valence-electron chi connectivity index (χ0n) is 10.8. The van der Waals surface area contributed by atoms with Gasteiger partial charge in [-0.3, -0.25) is 9.59 Å². The van der Waals surface area contributed by atoms with Crippen LogP contribution in [-0.4, -0.2) is 62.7 Å². The van der Waals surface area contributed by atoms with Gasteiger partial charge in [0, 0.05) is 33.2 Å². The molecule has 2 rings (SSSR count). The fourth-order valence-electron chi connectivity index (χ4n) is 2.52. The largest absolute Gasteiger partial charge is 0.366 e. The van der Waals surface area contributed by atoms with Crippen molar-refractivity contribution in [1.82, 2.24) is 15.5 Å². The van der Waals surface area contributed by atoms with Crippen molar-refractivity contribution in [2.45, 2.75) is 18.9 Å². The maximum absolute atomic E-state index is 12.2. The lowest BCUT2D eigenvalue weighted by Crippen LogP contribution is -2.53. The van der Waals surface area contributed by atoms with Gasteiger partial charge in [0.2, 0.25) is 5.91 Å². The third-order valence-corrected chi connectivity index (χ3v) is 3.55. The van der Waals surface area contributed by atoms with Gasteiger partial charge in [-0.2, -0.15) is 0 Å². The molecule has 2 heterocycles. The highest BCUT2D eigenvalue weighted by Crippen LogP contribution is 2.18. The summed E-state index contributed by atoms with van der Waals surface area (Å²) < 4.78 is 5.46. The van der Waals surface area contributed by atoms with Gasteiger partial charge in [0.1, 0.15) is 6.10 Å². The molecule has 0 aliphatic carbocycles. The van der Waals surface area contributed by atoms with E-state index < -0.39 is 0 Å². The summed E-state index contributed by atoms with van der Waals surface area (Å²) in [6.45, 7) is 3.18. The Hall–Kier alpha value is -1.14. The van der Waals surface area contributed by atoms with Crippen molar-refractivity contribution in [3.63, 3.8) is 0 Å². The maximum atomic E-state index is 12.2. The molecule has 18 heavy (non-hydrogen) atoms. The number of amides is 2. The third-order valence-electron chi connectivity index (χ3n) is 3.55. The van der Waals surface area contributed by atoms with E-state index in [1.165, 1.54) is 0 Å². The average Bonchev–Trinajstić information content (AvgIpc) is 2.46. The summed E-state index contributed by atoms with van der Waals surface area (Å²) in [6, 6.07) is 0. The molecule has 0 bridgehead atoms. The highest BCUT2D eigenvalue weighted by atomic mass is 16.5. The van der Waals surface area contributed by atoms with Crippen LogP contribution in [0.3, 0.4) is 0 Å². The number of nitrogens with zero attached hydrogens (tertiary/aromatic N) is 1. The minimum atomic E-state index is -0.387. The Morgan fingerprint density at radius 2 is 2.28 bits per heavy atom. The summed E-state index contributed by atoms with van der Waals surface area (Å²) in [7, 11) is 1.64. The van der Waals surface area contributed by atoms with Gasteiger partial charge >= 0.3 is 0 Å². The average molecular weight is 255 g/mol. The first-order valence-electron chi connectivity index (χ1n) is 6.55. The van der Waals surface area contributed by atoms with E-state index in [1.807, 2.05) is 0 Å². The van der Waals surface area contributed by atoms with E-state index in [2.05, 4.69) is 10.6 Å². The zero-order valence-corrected chi connectivity index (χ0v) is 10.8. The fraction of sp³-hybridized carbons (Fsp3) is 0.833. The van der Waals surface area contributed by atoms with Gasteiger partial charge in [-0.1, -0.05) is 0 Å². The van der Waals surface area contributed by atoms with E-state index in [0.29, 0.717) is 19.7 Å². The predicted octanol–water partition coefficient (Wildman–Crippen LogP) is -1.04. The van der Waals surface area contributed by atoms with Gasteiger partial charge in [-0.15, -0.1) is 0 Å². The predicted molar refractivity (Wildman–Crippen MR) is 66.0 cm³/mol. The Labute approximate surface area is 107 Å². The van der Waals surface area contributed by atoms with E-state index in [1.54, 1.807) is 11.9 Å². The lowest BCUT2D eigenvalue weighted by atomic mass is 9.96. The number of hydrogen-bond donors (Lipinski definition) is 2. The summed E-state index contributed by atoms with van der Waals surface area (Å²) in [6.07, 6.45) is 1.35. The third kappa shape index (κ3) is 3.00. The molecule has 0 radical (unpaired) electrons. The Balaban J connectivity index is 1.91. The summed E-state index contributed by atoms with van der Waals surface area (Å²) in [4.78, 5) is 25.6. The number of piperidine rings is 1. The Kier molecular flexibility index (Phi) is 4.54. The zero-order chi connectivity index (χ0) is 13.0. The van der Waals surface area contributed by atoms with Crippen molar-refractivity contribution >= 4 is 11.8 Å². The van der Waals surface area contributed by atoms with Gasteiger partial charge in [-0.25, -0.2) is 0 Å². The van der Waals surface area contributed by atoms with Crippen molar-refractivity contribution in [2.24, 2.45) is 5.92 Å². The lowest BCUT2D eigenvalue weighted by Gasteiger charge is -2.35. The Morgan fingerprint density at radius 1 is 1.44 bits per heavy atom. The van der Waals surface area contributed by atoms with E-state index in [4.69, 9.17) is 4.74 Å². The summed E-state index contributed by atoms with van der Waals surface area (Å²) in [5, 5.41) is 5.80. The van der Waals surface area contributed by atoms with Crippen LogP contribution in [-0.2, 0) is 14.3 Å². The van der Waals surface area contributed by atoms with Crippen LogP contribution in [0.2, 0.25) is 0 Å². The molecule has 2 aliphatic rings. The van der Waals surface area contributed by atoms with Crippen LogP contribution >= 0.6 is 0 Å². The van der Waals surface area contributed by atoms with Gasteiger partial charge < -0.3 is 20.3 Å². The monoisotopic (exact) mass is 255 g/mol. The standard InChI is InChI=1S/C12H21N3O3/c1-13-11(16)9-3-2-5-15(8-9)12(17)10-7-14-4-6-18-10/h9-10,14H,2-8H2,1H3,(H,13,16). The topological polar surface area (TPSA) is 70.7 Å². The molecule has 0 aromatic heterocycles. The summed E-state index contributed by atoms with van der Waals surface area (Å²) in [5.74, 6) is -0.0461. The normalized spacial score (nSPS) is 28.8. The maximum Gasteiger partial charge on any atom is 0.253 e. The molecule has 0 saturated carbocycles. The molecule has 2 N–H and O–H groups in total. The van der Waals surface area contributed by atoms with Crippen molar-refractivity contribution in [3.05, 3.63) is 0 Å². The molecule has 2 saturated heterocycles. The van der Waals surface area contributed by atoms with Crippen molar-refractivity contribution in [3.8, 4) is 0 Å². The number of nitrogens with one attached hydrogen (secondary N) is 2. The Morgan fingerprint density at radius 3 is 2.94 bits per heavy atom. The smallest absolute Gasteiger partial charge is 0.253 e. The first-order valence-corrected chi connectivity index (χ1v) is 6.55. The van der Waals surface area contributed by atoms with Gasteiger partial charge in [0.15, 0.2) is 0 Å². The van der Waals surface area contributed by atoms with Crippen LogP contribution in [0.4, 0.5) is 0 Å². The number of likely N-dealkylation sites (tertiary alicyclic amines) is 1. The number of hydrogen-bond acceptors (Lipinski definition) is 4. The summed E-state index contributed by atoms with van der Waals surface area (Å²) in [5.41, 5.74) is 0. The number of carbonyl (C=O) groups excluding carboxylic acids is 2. The molecule has 6 nitrogen and oxygen atoms in total. The number of rotatable bonds is 2. The molecule has 102 valence electrons. The molecule has 2 atom stereocenters. The van der Waals surface area contributed by atoms with E-state index in [-0.39, 0.29) is 23.8 Å². The van der Waals surface area contributed by atoms with E-state index in [0.717, 1.165) is 25.9 Å². The number of ether oxygens (including phenoxy) is 1. The van der Waals surface area contributed by atoms with Crippen LogP contribution in [0.5, 0.6) is 0 Å². The molecule has 0 spiro atoms. The summed E-state index contributed by atoms with van der Waals surface area (Å²) >= 11 is 0. The molecule has 6 heteroatoms. The molecule has 2 fully saturated rings. The fourth-order valence-corrected chi connectivity index (χ4v) is 2.52. The van der Waals surface area contributed by atoms with Crippen molar-refractivity contribution in [1.29, 1.82) is 0 Å². The SMILES string of the molecule is CNC(=O)C1CCCN(C(=O)C2CNCCO2)C1. The van der Waals surface area contributed by atoms with Crippen LogP contribution in [0.1, 0.15) is 12.8 Å². The van der Waals surface area contributed by atoms with E-state index >= 15 is 0 Å².